The van der Waals surface area contributed by atoms with E-state index in [0.717, 1.165) is 10.2 Å². The molecule has 11 heavy (non-hydrogen) atoms. The van der Waals surface area contributed by atoms with E-state index in [-0.39, 0.29) is 5.92 Å². The molecule has 0 aromatic carbocycles. The predicted octanol–water partition coefficient (Wildman–Crippen LogP) is 2.04. The van der Waals surface area contributed by atoms with Crippen molar-refractivity contribution in [1.82, 2.24) is 0 Å². The zero-order valence-electron chi connectivity index (χ0n) is 6.21. The Balaban J connectivity index is 2.60. The fraction of sp³-hybridized carbons (Fsp3) is 0.429. The predicted molar refractivity (Wildman–Crippen MR) is 45.0 cm³/mol. The minimum Gasteiger partial charge on any atom is -0.468 e. The quantitative estimate of drug-likeness (QED) is 0.793. The van der Waals surface area contributed by atoms with Gasteiger partial charge in [-0.15, -0.1) is 0 Å². The highest BCUT2D eigenvalue weighted by Crippen LogP contribution is 2.21. The molecule has 0 bridgehead atoms. The van der Waals surface area contributed by atoms with E-state index in [1.807, 2.05) is 13.0 Å². The van der Waals surface area contributed by atoms with E-state index < -0.39 is 0 Å². The maximum atomic E-state index is 5.20. The largest absolute Gasteiger partial charge is 0.468 e. The number of rotatable bonds is 3. The van der Waals surface area contributed by atoms with Crippen LogP contribution in [-0.2, 0) is 4.84 Å². The summed E-state index contributed by atoms with van der Waals surface area (Å²) in [6.45, 7) is 2.46. The Hall–Kier alpha value is -0.320. The second-order valence-electron chi connectivity index (χ2n) is 2.40. The molecule has 4 heteroatoms. The van der Waals surface area contributed by atoms with Crippen molar-refractivity contribution in [3.8, 4) is 0 Å². The molecule has 0 amide bonds. The molecule has 1 aromatic heterocycles. The molecular weight excluding hydrogens is 210 g/mol. The summed E-state index contributed by atoms with van der Waals surface area (Å²) in [6.07, 6.45) is 1.64. The number of halogens is 1. The maximum absolute atomic E-state index is 5.20. The first-order valence-corrected chi connectivity index (χ1v) is 4.09. The molecule has 0 radical (unpaired) electrons. The Bertz CT molecular complexity index is 224. The lowest BCUT2D eigenvalue weighted by molar-refractivity contribution is 0.121. The van der Waals surface area contributed by atoms with Crippen LogP contribution in [0.5, 0.6) is 0 Å². The number of hydrogen-bond acceptors (Lipinski definition) is 3. The molecule has 0 aliphatic rings. The molecule has 0 saturated carbocycles. The summed E-state index contributed by atoms with van der Waals surface area (Å²) in [5.41, 5.74) is 0. The van der Waals surface area contributed by atoms with Gasteiger partial charge in [0.1, 0.15) is 12.0 Å². The van der Waals surface area contributed by atoms with Crippen LogP contribution in [0.1, 0.15) is 18.6 Å². The highest BCUT2D eigenvalue weighted by atomic mass is 79.9. The lowest BCUT2D eigenvalue weighted by Gasteiger charge is -2.04. The number of furan rings is 1. The summed E-state index contributed by atoms with van der Waals surface area (Å²) >= 11 is 3.29. The van der Waals surface area contributed by atoms with Gasteiger partial charge in [-0.2, -0.15) is 0 Å². The summed E-state index contributed by atoms with van der Waals surface area (Å²) < 4.78 is 6.14. The summed E-state index contributed by atoms with van der Waals surface area (Å²) in [7, 11) is 0. The summed E-state index contributed by atoms with van der Waals surface area (Å²) in [5.74, 6) is 6.00. The van der Waals surface area contributed by atoms with Gasteiger partial charge in [0, 0.05) is 5.92 Å². The molecule has 3 nitrogen and oxygen atoms in total. The van der Waals surface area contributed by atoms with Gasteiger partial charge in [0.05, 0.1) is 11.1 Å². The Kier molecular flexibility index (Phi) is 3.11. The molecule has 1 heterocycles. The molecule has 0 aliphatic carbocycles. The second-order valence-corrected chi connectivity index (χ2v) is 3.32. The Morgan fingerprint density at radius 1 is 1.82 bits per heavy atom. The van der Waals surface area contributed by atoms with Gasteiger partial charge in [-0.25, -0.2) is 5.90 Å². The highest BCUT2D eigenvalue weighted by Gasteiger charge is 2.08. The van der Waals surface area contributed by atoms with E-state index in [4.69, 9.17) is 10.3 Å². The van der Waals surface area contributed by atoms with Gasteiger partial charge in [-0.3, -0.25) is 0 Å². The van der Waals surface area contributed by atoms with Gasteiger partial charge in [-0.1, -0.05) is 6.92 Å². The molecule has 0 fully saturated rings. The maximum Gasteiger partial charge on any atom is 0.110 e. The van der Waals surface area contributed by atoms with E-state index in [2.05, 4.69) is 20.8 Å². The van der Waals surface area contributed by atoms with Crippen LogP contribution in [0, 0.1) is 0 Å². The minimum atomic E-state index is 0.200. The van der Waals surface area contributed by atoms with Crippen LogP contribution >= 0.6 is 15.9 Å². The van der Waals surface area contributed by atoms with Crippen molar-refractivity contribution >= 4 is 15.9 Å². The van der Waals surface area contributed by atoms with Crippen molar-refractivity contribution in [2.45, 2.75) is 12.8 Å². The molecule has 1 rings (SSSR count). The minimum absolute atomic E-state index is 0.200. The number of nitrogens with two attached hydrogens (primary N) is 1. The molecular formula is C7H10BrNO2. The fourth-order valence-corrected chi connectivity index (χ4v) is 1.13. The van der Waals surface area contributed by atoms with Gasteiger partial charge in [0.15, 0.2) is 0 Å². The number of hydrogen-bond donors (Lipinski definition) is 1. The molecule has 0 aliphatic heterocycles. The van der Waals surface area contributed by atoms with Crippen LogP contribution in [0.15, 0.2) is 21.2 Å². The SMILES string of the molecule is CC(CON)c1cc(Br)co1. The average molecular weight is 220 g/mol. The molecule has 2 N–H and O–H groups in total. The standard InChI is InChI=1S/C7H10BrNO2/c1-5(3-11-9)7-2-6(8)4-10-7/h2,4-5H,3,9H2,1H3. The third-order valence-electron chi connectivity index (χ3n) is 1.42. The van der Waals surface area contributed by atoms with Crippen molar-refractivity contribution in [3.05, 3.63) is 22.6 Å². The molecule has 1 unspecified atom stereocenters. The van der Waals surface area contributed by atoms with Crippen LogP contribution < -0.4 is 5.90 Å². The zero-order valence-corrected chi connectivity index (χ0v) is 7.80. The van der Waals surface area contributed by atoms with Gasteiger partial charge in [0.2, 0.25) is 0 Å². The molecule has 1 aromatic rings. The Morgan fingerprint density at radius 2 is 2.55 bits per heavy atom. The molecule has 0 spiro atoms. The average Bonchev–Trinajstić information content (AvgIpc) is 2.36. The summed E-state index contributed by atoms with van der Waals surface area (Å²) in [5, 5.41) is 0. The first-order chi connectivity index (χ1) is 5.24. The topological polar surface area (TPSA) is 48.4 Å². The lowest BCUT2D eigenvalue weighted by Crippen LogP contribution is -2.07. The van der Waals surface area contributed by atoms with Gasteiger partial charge >= 0.3 is 0 Å². The molecule has 0 saturated heterocycles. The lowest BCUT2D eigenvalue weighted by atomic mass is 10.1. The summed E-state index contributed by atoms with van der Waals surface area (Å²) in [6, 6.07) is 1.91. The third-order valence-corrected chi connectivity index (χ3v) is 1.84. The zero-order chi connectivity index (χ0) is 8.27. The van der Waals surface area contributed by atoms with Gasteiger partial charge in [-0.05, 0) is 22.0 Å². The third kappa shape index (κ3) is 2.32. The first-order valence-electron chi connectivity index (χ1n) is 3.29. The Morgan fingerprint density at radius 3 is 3.00 bits per heavy atom. The smallest absolute Gasteiger partial charge is 0.110 e. The van der Waals surface area contributed by atoms with E-state index in [0.29, 0.717) is 6.61 Å². The first kappa shape index (κ1) is 8.77. The van der Waals surface area contributed by atoms with Crippen molar-refractivity contribution in [3.63, 3.8) is 0 Å². The second kappa shape index (κ2) is 3.90. The Labute approximate surface area is 73.6 Å². The van der Waals surface area contributed by atoms with Crippen LogP contribution in [-0.4, -0.2) is 6.61 Å². The van der Waals surface area contributed by atoms with Crippen LogP contribution in [0.2, 0.25) is 0 Å². The van der Waals surface area contributed by atoms with Crippen LogP contribution in [0.3, 0.4) is 0 Å². The van der Waals surface area contributed by atoms with E-state index in [9.17, 15) is 0 Å². The normalized spacial score (nSPS) is 13.4. The fourth-order valence-electron chi connectivity index (χ4n) is 0.813. The van der Waals surface area contributed by atoms with Crippen LogP contribution in [0.25, 0.3) is 0 Å². The van der Waals surface area contributed by atoms with Gasteiger partial charge < -0.3 is 9.25 Å². The monoisotopic (exact) mass is 219 g/mol. The molecule has 1 atom stereocenters. The van der Waals surface area contributed by atoms with Gasteiger partial charge in [0.25, 0.3) is 0 Å². The van der Waals surface area contributed by atoms with E-state index in [1.54, 1.807) is 6.26 Å². The van der Waals surface area contributed by atoms with Crippen molar-refractivity contribution < 1.29 is 9.25 Å². The van der Waals surface area contributed by atoms with Crippen molar-refractivity contribution in [1.29, 1.82) is 0 Å². The van der Waals surface area contributed by atoms with Crippen molar-refractivity contribution in [2.24, 2.45) is 5.90 Å². The van der Waals surface area contributed by atoms with E-state index in [1.165, 1.54) is 0 Å². The molecule has 62 valence electrons. The highest BCUT2D eigenvalue weighted by molar-refractivity contribution is 9.10. The van der Waals surface area contributed by atoms with Crippen molar-refractivity contribution in [2.75, 3.05) is 6.61 Å². The van der Waals surface area contributed by atoms with Crippen LogP contribution in [0.4, 0.5) is 0 Å². The van der Waals surface area contributed by atoms with E-state index >= 15 is 0 Å². The summed E-state index contributed by atoms with van der Waals surface area (Å²) in [4.78, 5) is 4.49.